The minimum atomic E-state index is -4.48. The molecule has 0 saturated heterocycles. The van der Waals surface area contributed by atoms with Crippen molar-refractivity contribution in [3.05, 3.63) is 88.0 Å². The number of carbonyl (C=O) groups is 2. The topological polar surface area (TPSA) is 95.1 Å². The second kappa shape index (κ2) is 8.86. The van der Waals surface area contributed by atoms with E-state index in [0.717, 1.165) is 18.3 Å². The van der Waals surface area contributed by atoms with Crippen LogP contribution in [0, 0.1) is 19.7 Å². The highest BCUT2D eigenvalue weighted by atomic mass is 19.4. The number of nitrogens with one attached hydrogen (secondary N) is 2. The summed E-state index contributed by atoms with van der Waals surface area (Å²) in [5.74, 6) is -2.42. The number of alkyl halides is 3. The molecule has 2 aromatic heterocycles. The van der Waals surface area contributed by atoms with Gasteiger partial charge in [-0.1, -0.05) is 12.1 Å². The monoisotopic (exact) mass is 485 g/mol. The van der Waals surface area contributed by atoms with Gasteiger partial charge in [-0.3, -0.25) is 9.78 Å². The number of aryl methyl sites for hydroxylation is 2. The van der Waals surface area contributed by atoms with Crippen molar-refractivity contribution < 1.29 is 32.3 Å². The predicted molar refractivity (Wildman–Crippen MR) is 121 cm³/mol. The Balaban J connectivity index is 1.63. The second-order valence-electron chi connectivity index (χ2n) is 8.10. The molecule has 0 unspecified atom stereocenters. The fourth-order valence-electron chi connectivity index (χ4n) is 4.01. The van der Waals surface area contributed by atoms with E-state index >= 15 is 0 Å². The molecule has 180 valence electrons. The van der Waals surface area contributed by atoms with Crippen LogP contribution in [0.3, 0.4) is 0 Å². The van der Waals surface area contributed by atoms with Crippen LogP contribution in [0.4, 0.5) is 17.6 Å². The molecule has 3 N–H and O–H groups in total. The van der Waals surface area contributed by atoms with E-state index in [-0.39, 0.29) is 28.7 Å². The number of carboxylic acids is 1. The van der Waals surface area contributed by atoms with E-state index in [1.165, 1.54) is 18.2 Å². The van der Waals surface area contributed by atoms with E-state index in [4.69, 9.17) is 0 Å². The summed E-state index contributed by atoms with van der Waals surface area (Å²) in [6.45, 7) is 3.37. The van der Waals surface area contributed by atoms with Crippen molar-refractivity contribution in [1.82, 2.24) is 15.3 Å². The summed E-state index contributed by atoms with van der Waals surface area (Å²) >= 11 is 0. The highest BCUT2D eigenvalue weighted by Crippen LogP contribution is 2.34. The predicted octanol–water partition coefficient (Wildman–Crippen LogP) is 5.63. The summed E-state index contributed by atoms with van der Waals surface area (Å²) in [7, 11) is 0. The number of aromatic carboxylic acids is 1. The number of carbonyl (C=O) groups excluding carboxylic acids is 1. The average Bonchev–Trinajstić information content (AvgIpc) is 3.25. The zero-order valence-corrected chi connectivity index (χ0v) is 18.5. The lowest BCUT2D eigenvalue weighted by molar-refractivity contribution is -0.137. The molecule has 35 heavy (non-hydrogen) atoms. The first-order chi connectivity index (χ1) is 16.5. The molecule has 0 spiro atoms. The molecule has 0 atom stereocenters. The Morgan fingerprint density at radius 1 is 1.09 bits per heavy atom. The van der Waals surface area contributed by atoms with Gasteiger partial charge in [0, 0.05) is 23.1 Å². The Bertz CT molecular complexity index is 1450. The number of pyridine rings is 1. The van der Waals surface area contributed by atoms with E-state index in [2.05, 4.69) is 15.3 Å². The highest BCUT2D eigenvalue weighted by molar-refractivity contribution is 6.01. The number of hydrogen-bond donors (Lipinski definition) is 3. The molecule has 0 radical (unpaired) electrons. The van der Waals surface area contributed by atoms with E-state index in [1.807, 2.05) is 0 Å². The van der Waals surface area contributed by atoms with Crippen molar-refractivity contribution in [2.45, 2.75) is 26.6 Å². The number of aromatic nitrogens is 2. The van der Waals surface area contributed by atoms with Crippen molar-refractivity contribution in [3.63, 3.8) is 0 Å². The number of carboxylic acid groups (broad SMARTS) is 1. The summed E-state index contributed by atoms with van der Waals surface area (Å²) in [5.41, 5.74) is 1.85. The van der Waals surface area contributed by atoms with Gasteiger partial charge < -0.3 is 15.4 Å². The molecule has 2 aromatic carbocycles. The van der Waals surface area contributed by atoms with Gasteiger partial charge in [-0.15, -0.1) is 0 Å². The van der Waals surface area contributed by atoms with Gasteiger partial charge in [0.25, 0.3) is 5.91 Å². The van der Waals surface area contributed by atoms with E-state index in [1.54, 1.807) is 26.0 Å². The third-order valence-electron chi connectivity index (χ3n) is 5.59. The lowest BCUT2D eigenvalue weighted by atomic mass is 9.94. The second-order valence-corrected chi connectivity index (χ2v) is 8.10. The summed E-state index contributed by atoms with van der Waals surface area (Å²) in [6, 6.07) is 9.19. The fraction of sp³-hybridized carbons (Fsp3) is 0.160. The lowest BCUT2D eigenvalue weighted by Crippen LogP contribution is -2.23. The largest absolute Gasteiger partial charge is 0.477 e. The zero-order chi connectivity index (χ0) is 25.5. The third kappa shape index (κ3) is 4.72. The van der Waals surface area contributed by atoms with Gasteiger partial charge >= 0.3 is 12.1 Å². The SMILES string of the molecule is Cc1cc(C(=O)NCc2cccc(C(F)(F)F)c2)cc(C)c1-c1ncc(F)c2[nH]c(C(=O)O)cc12. The van der Waals surface area contributed by atoms with Crippen LogP contribution in [0.2, 0.25) is 0 Å². The van der Waals surface area contributed by atoms with Crippen LogP contribution < -0.4 is 5.32 Å². The number of rotatable bonds is 5. The quantitative estimate of drug-likeness (QED) is 0.319. The lowest BCUT2D eigenvalue weighted by Gasteiger charge is -2.14. The molecule has 0 bridgehead atoms. The van der Waals surface area contributed by atoms with Crippen molar-refractivity contribution in [2.75, 3.05) is 0 Å². The van der Waals surface area contributed by atoms with Gasteiger partial charge in [-0.2, -0.15) is 13.2 Å². The molecule has 0 aliphatic rings. The molecular formula is C25H19F4N3O3. The number of nitrogens with zero attached hydrogens (tertiary/aromatic N) is 1. The van der Waals surface area contributed by atoms with Gasteiger partial charge in [0.05, 0.1) is 23.0 Å². The van der Waals surface area contributed by atoms with Gasteiger partial charge in [-0.25, -0.2) is 9.18 Å². The first kappa shape index (κ1) is 23.9. The van der Waals surface area contributed by atoms with Crippen LogP contribution >= 0.6 is 0 Å². The first-order valence-corrected chi connectivity index (χ1v) is 10.4. The minimum Gasteiger partial charge on any atom is -0.477 e. The molecule has 2 heterocycles. The Labute approximate surface area is 196 Å². The Hall–Kier alpha value is -4.21. The molecule has 4 rings (SSSR count). The maximum Gasteiger partial charge on any atom is 0.416 e. The van der Waals surface area contributed by atoms with Gasteiger partial charge in [0.2, 0.25) is 0 Å². The van der Waals surface area contributed by atoms with Crippen molar-refractivity contribution in [2.24, 2.45) is 0 Å². The zero-order valence-electron chi connectivity index (χ0n) is 18.5. The molecule has 0 saturated carbocycles. The maximum absolute atomic E-state index is 14.2. The average molecular weight is 485 g/mol. The van der Waals surface area contributed by atoms with Crippen LogP contribution in [-0.4, -0.2) is 27.0 Å². The van der Waals surface area contributed by atoms with Crippen molar-refractivity contribution in [1.29, 1.82) is 0 Å². The Morgan fingerprint density at radius 3 is 2.40 bits per heavy atom. The van der Waals surface area contributed by atoms with Crippen LogP contribution in [0.5, 0.6) is 0 Å². The molecule has 0 fully saturated rings. The minimum absolute atomic E-state index is 0.00843. The Morgan fingerprint density at radius 2 is 1.77 bits per heavy atom. The van der Waals surface area contributed by atoms with Gasteiger partial charge in [0.1, 0.15) is 5.69 Å². The van der Waals surface area contributed by atoms with Crippen LogP contribution in [-0.2, 0) is 12.7 Å². The number of benzene rings is 2. The number of aromatic amines is 1. The molecule has 4 aromatic rings. The molecule has 0 aliphatic heterocycles. The van der Waals surface area contributed by atoms with E-state index in [0.29, 0.717) is 27.9 Å². The van der Waals surface area contributed by atoms with Crippen LogP contribution in [0.1, 0.15) is 43.1 Å². The summed E-state index contributed by atoms with van der Waals surface area (Å²) < 4.78 is 53.0. The standard InChI is InChI=1S/C25H19F4N3O3/c1-12-6-15(23(33)31-10-14-4-3-5-16(8-14)25(27,28)29)7-13(2)20(12)22-17-9-19(24(34)35)32-21(17)18(26)11-30-22/h3-9,11,32H,10H2,1-2H3,(H,31,33)(H,34,35). The molecular weight excluding hydrogens is 466 g/mol. The molecule has 10 heteroatoms. The summed E-state index contributed by atoms with van der Waals surface area (Å²) in [4.78, 5) is 30.8. The van der Waals surface area contributed by atoms with Crippen molar-refractivity contribution in [3.8, 4) is 11.3 Å². The van der Waals surface area contributed by atoms with Crippen LogP contribution in [0.25, 0.3) is 22.2 Å². The number of hydrogen-bond acceptors (Lipinski definition) is 3. The first-order valence-electron chi connectivity index (χ1n) is 10.4. The number of fused-ring (bicyclic) bond motifs is 1. The number of amides is 1. The number of halogens is 4. The van der Waals surface area contributed by atoms with E-state index < -0.39 is 29.4 Å². The summed E-state index contributed by atoms with van der Waals surface area (Å²) in [6.07, 6.45) is -3.48. The molecule has 0 aliphatic carbocycles. The third-order valence-corrected chi connectivity index (χ3v) is 5.59. The number of H-pyrrole nitrogens is 1. The summed E-state index contributed by atoms with van der Waals surface area (Å²) in [5, 5.41) is 12.2. The Kier molecular flexibility index (Phi) is 6.06. The van der Waals surface area contributed by atoms with Gasteiger partial charge in [-0.05, 0) is 60.9 Å². The maximum atomic E-state index is 14.2. The molecule has 1 amide bonds. The van der Waals surface area contributed by atoms with Crippen LogP contribution in [0.15, 0.2) is 48.7 Å². The van der Waals surface area contributed by atoms with E-state index in [9.17, 15) is 32.3 Å². The normalized spacial score (nSPS) is 11.6. The molecule has 6 nitrogen and oxygen atoms in total. The highest BCUT2D eigenvalue weighted by Gasteiger charge is 2.30. The van der Waals surface area contributed by atoms with Crippen molar-refractivity contribution >= 4 is 22.8 Å². The fourth-order valence-corrected chi connectivity index (χ4v) is 4.01. The van der Waals surface area contributed by atoms with Gasteiger partial charge in [0.15, 0.2) is 5.82 Å². The smallest absolute Gasteiger partial charge is 0.416 e.